The Morgan fingerprint density at radius 2 is 1.72 bits per heavy atom. The van der Waals surface area contributed by atoms with Crippen molar-refractivity contribution < 1.29 is 14.6 Å². The zero-order chi connectivity index (χ0) is 20.5. The molecule has 156 valence electrons. The van der Waals surface area contributed by atoms with Gasteiger partial charge >= 0.3 is 0 Å². The first-order valence-electron chi connectivity index (χ1n) is 10.9. The quantitative estimate of drug-likeness (QED) is 0.565. The Balaban J connectivity index is 1.76. The standard InChI is InChI=1S/C26H34O3/c1-3-22(18-20-10-6-4-7-11-20)25(27)26(23-12-8-5-9-13-23)29-19-21-14-16-24(28-2)17-15-21/h4,6-7,10-11,14-18,23,25-27H,3,5,8-9,12-13,19H2,1-2H3/b22-18+/t25-,26+/m0/s1. The van der Waals surface area contributed by atoms with Crippen LogP contribution in [0.1, 0.15) is 56.6 Å². The summed E-state index contributed by atoms with van der Waals surface area (Å²) in [5.74, 6) is 1.25. The van der Waals surface area contributed by atoms with Gasteiger partial charge in [0, 0.05) is 0 Å². The first-order chi connectivity index (χ1) is 14.2. The van der Waals surface area contributed by atoms with Gasteiger partial charge in [0.15, 0.2) is 0 Å². The predicted molar refractivity (Wildman–Crippen MR) is 119 cm³/mol. The summed E-state index contributed by atoms with van der Waals surface area (Å²) in [6.07, 6.45) is 8.18. The average molecular weight is 395 g/mol. The maximum Gasteiger partial charge on any atom is 0.118 e. The Morgan fingerprint density at radius 3 is 2.34 bits per heavy atom. The van der Waals surface area contributed by atoms with Gasteiger partial charge < -0.3 is 14.6 Å². The number of methoxy groups -OCH3 is 1. The maximum atomic E-state index is 11.3. The van der Waals surface area contributed by atoms with E-state index in [4.69, 9.17) is 9.47 Å². The van der Waals surface area contributed by atoms with Crippen molar-refractivity contribution in [3.63, 3.8) is 0 Å². The molecule has 2 aromatic carbocycles. The third-order valence-electron chi connectivity index (χ3n) is 5.97. The zero-order valence-corrected chi connectivity index (χ0v) is 17.7. The number of aliphatic hydroxyl groups excluding tert-OH is 1. The van der Waals surface area contributed by atoms with E-state index in [9.17, 15) is 5.11 Å². The van der Waals surface area contributed by atoms with Gasteiger partial charge in [-0.25, -0.2) is 0 Å². The van der Waals surface area contributed by atoms with Crippen LogP contribution in [0.15, 0.2) is 60.2 Å². The Bertz CT molecular complexity index is 745. The summed E-state index contributed by atoms with van der Waals surface area (Å²) in [6.45, 7) is 2.62. The van der Waals surface area contributed by atoms with Crippen LogP contribution in [0.25, 0.3) is 6.08 Å². The fourth-order valence-corrected chi connectivity index (χ4v) is 4.23. The van der Waals surface area contributed by atoms with E-state index >= 15 is 0 Å². The second-order valence-electron chi connectivity index (χ2n) is 7.95. The SMILES string of the molecule is CC/C(=C\c1ccccc1)[C@H](O)[C@H](OCc1ccc(OC)cc1)C1CCCCC1. The molecule has 2 atom stereocenters. The van der Waals surface area contributed by atoms with Gasteiger partial charge in [-0.05, 0) is 54.0 Å². The van der Waals surface area contributed by atoms with Crippen LogP contribution in [0.5, 0.6) is 5.75 Å². The molecule has 1 aliphatic carbocycles. The van der Waals surface area contributed by atoms with E-state index in [1.54, 1.807) is 7.11 Å². The van der Waals surface area contributed by atoms with E-state index in [0.29, 0.717) is 12.5 Å². The number of hydrogen-bond donors (Lipinski definition) is 1. The lowest BCUT2D eigenvalue weighted by atomic mass is 9.81. The minimum atomic E-state index is -0.582. The van der Waals surface area contributed by atoms with E-state index in [-0.39, 0.29) is 6.10 Å². The molecule has 0 unspecified atom stereocenters. The molecule has 2 aromatic rings. The summed E-state index contributed by atoms with van der Waals surface area (Å²) < 4.78 is 11.6. The van der Waals surface area contributed by atoms with E-state index in [1.165, 1.54) is 19.3 Å². The fourth-order valence-electron chi connectivity index (χ4n) is 4.23. The highest BCUT2D eigenvalue weighted by molar-refractivity contribution is 5.53. The topological polar surface area (TPSA) is 38.7 Å². The monoisotopic (exact) mass is 394 g/mol. The van der Waals surface area contributed by atoms with Gasteiger partial charge in [0.1, 0.15) is 11.9 Å². The number of rotatable bonds is 9. The molecule has 0 saturated heterocycles. The number of benzene rings is 2. The van der Waals surface area contributed by atoms with E-state index in [0.717, 1.165) is 41.7 Å². The molecule has 1 N–H and O–H groups in total. The van der Waals surface area contributed by atoms with Gasteiger partial charge in [-0.15, -0.1) is 0 Å². The molecule has 1 fully saturated rings. The lowest BCUT2D eigenvalue weighted by molar-refractivity contribution is -0.0714. The first kappa shape index (κ1) is 21.6. The summed E-state index contributed by atoms with van der Waals surface area (Å²) in [4.78, 5) is 0. The fraction of sp³-hybridized carbons (Fsp3) is 0.462. The molecular formula is C26H34O3. The van der Waals surface area contributed by atoms with Crippen LogP contribution in [0.2, 0.25) is 0 Å². The second-order valence-corrected chi connectivity index (χ2v) is 7.95. The molecule has 3 heteroatoms. The van der Waals surface area contributed by atoms with Crippen molar-refractivity contribution in [2.24, 2.45) is 5.92 Å². The Morgan fingerprint density at radius 1 is 1.03 bits per heavy atom. The lowest BCUT2D eigenvalue weighted by Crippen LogP contribution is -2.38. The second kappa shape index (κ2) is 11.2. The summed E-state index contributed by atoms with van der Waals surface area (Å²) in [7, 11) is 1.67. The van der Waals surface area contributed by atoms with Crippen molar-refractivity contribution in [2.75, 3.05) is 7.11 Å². The van der Waals surface area contributed by atoms with Crippen molar-refractivity contribution in [1.82, 2.24) is 0 Å². The van der Waals surface area contributed by atoms with Crippen molar-refractivity contribution in [3.05, 3.63) is 71.3 Å². The van der Waals surface area contributed by atoms with Crippen molar-refractivity contribution in [2.45, 2.75) is 64.3 Å². The van der Waals surface area contributed by atoms with E-state index in [2.05, 4.69) is 25.1 Å². The van der Waals surface area contributed by atoms with Crippen molar-refractivity contribution in [3.8, 4) is 5.75 Å². The van der Waals surface area contributed by atoms with Gasteiger partial charge in [0.05, 0.1) is 19.8 Å². The van der Waals surface area contributed by atoms with Crippen molar-refractivity contribution >= 4 is 6.08 Å². The first-order valence-corrected chi connectivity index (χ1v) is 10.9. The highest BCUT2D eigenvalue weighted by atomic mass is 16.5. The molecule has 0 aliphatic heterocycles. The maximum absolute atomic E-state index is 11.3. The number of ether oxygens (including phenoxy) is 2. The molecule has 1 aliphatic rings. The van der Waals surface area contributed by atoms with Crippen molar-refractivity contribution in [1.29, 1.82) is 0 Å². The number of hydrogen-bond acceptors (Lipinski definition) is 3. The van der Waals surface area contributed by atoms with Gasteiger partial charge in [-0.3, -0.25) is 0 Å². The molecule has 0 aromatic heterocycles. The van der Waals surface area contributed by atoms with Gasteiger partial charge in [0.25, 0.3) is 0 Å². The molecule has 0 radical (unpaired) electrons. The molecular weight excluding hydrogens is 360 g/mol. The van der Waals surface area contributed by atoms with Crippen LogP contribution in [-0.4, -0.2) is 24.4 Å². The Kier molecular flexibility index (Phi) is 8.33. The largest absolute Gasteiger partial charge is 0.497 e. The summed E-state index contributed by atoms with van der Waals surface area (Å²) in [5, 5.41) is 11.3. The summed E-state index contributed by atoms with van der Waals surface area (Å²) >= 11 is 0. The molecule has 1 saturated carbocycles. The van der Waals surface area contributed by atoms with Gasteiger partial charge in [0.2, 0.25) is 0 Å². The third-order valence-corrected chi connectivity index (χ3v) is 5.97. The summed E-state index contributed by atoms with van der Waals surface area (Å²) in [5.41, 5.74) is 3.27. The van der Waals surface area contributed by atoms with Crippen LogP contribution in [-0.2, 0) is 11.3 Å². The van der Waals surface area contributed by atoms with Crippen LogP contribution in [0.3, 0.4) is 0 Å². The molecule has 3 nitrogen and oxygen atoms in total. The number of aliphatic hydroxyl groups is 1. The zero-order valence-electron chi connectivity index (χ0n) is 17.7. The highest BCUT2D eigenvalue weighted by Crippen LogP contribution is 2.33. The lowest BCUT2D eigenvalue weighted by Gasteiger charge is -2.34. The van der Waals surface area contributed by atoms with Gasteiger partial charge in [-0.1, -0.05) is 74.7 Å². The molecule has 0 amide bonds. The van der Waals surface area contributed by atoms with Crippen LogP contribution in [0, 0.1) is 5.92 Å². The molecule has 0 heterocycles. The van der Waals surface area contributed by atoms with Crippen LogP contribution < -0.4 is 4.74 Å². The van der Waals surface area contributed by atoms with Gasteiger partial charge in [-0.2, -0.15) is 0 Å². The molecule has 29 heavy (non-hydrogen) atoms. The smallest absolute Gasteiger partial charge is 0.118 e. The highest BCUT2D eigenvalue weighted by Gasteiger charge is 2.32. The normalized spacial score (nSPS) is 17.7. The van der Waals surface area contributed by atoms with Crippen LogP contribution in [0.4, 0.5) is 0 Å². The molecule has 0 bridgehead atoms. The Hall–Kier alpha value is -2.10. The molecule has 0 spiro atoms. The molecule has 3 rings (SSSR count). The third kappa shape index (κ3) is 6.19. The average Bonchev–Trinajstić information content (AvgIpc) is 2.79. The van der Waals surface area contributed by atoms with Crippen LogP contribution >= 0.6 is 0 Å². The van der Waals surface area contributed by atoms with E-state index in [1.807, 2.05) is 42.5 Å². The summed E-state index contributed by atoms with van der Waals surface area (Å²) in [6, 6.07) is 18.2. The Labute approximate surface area is 175 Å². The minimum absolute atomic E-state index is 0.174. The minimum Gasteiger partial charge on any atom is -0.497 e. The predicted octanol–water partition coefficient (Wildman–Crippen LogP) is 6.02. The van der Waals surface area contributed by atoms with E-state index < -0.39 is 6.10 Å².